The van der Waals surface area contributed by atoms with Crippen molar-refractivity contribution in [2.75, 3.05) is 13.2 Å². The predicted octanol–water partition coefficient (Wildman–Crippen LogP) is 2.39. The smallest absolute Gasteiger partial charge is 0.288 e. The summed E-state index contributed by atoms with van der Waals surface area (Å²) in [6.45, 7) is 4.17. The Kier molecular flexibility index (Phi) is 5.47. The number of halogens is 1. The number of nitro benzene ring substituents is 1. The lowest BCUT2D eigenvalue weighted by atomic mass is 9.89. The van der Waals surface area contributed by atoms with E-state index < -0.39 is 10.8 Å². The molecule has 2 N–H and O–H groups in total. The number of nitrogens with zero attached hydrogens (tertiary/aromatic N) is 1. The number of carbonyl (C=O) groups is 1. The van der Waals surface area contributed by atoms with Crippen LogP contribution in [-0.4, -0.2) is 29.1 Å². The van der Waals surface area contributed by atoms with Gasteiger partial charge in [0.05, 0.1) is 10.5 Å². The number of carbonyl (C=O) groups excluding carboxylic acids is 1. The van der Waals surface area contributed by atoms with Crippen LogP contribution in [0.3, 0.4) is 0 Å². The molecule has 1 rings (SSSR count). The van der Waals surface area contributed by atoms with Crippen molar-refractivity contribution >= 4 is 23.2 Å². The largest absolute Gasteiger partial charge is 0.396 e. The maximum absolute atomic E-state index is 12.0. The van der Waals surface area contributed by atoms with Gasteiger partial charge < -0.3 is 10.4 Å². The van der Waals surface area contributed by atoms with Crippen LogP contribution in [0.15, 0.2) is 18.2 Å². The van der Waals surface area contributed by atoms with Gasteiger partial charge in [0.2, 0.25) is 0 Å². The summed E-state index contributed by atoms with van der Waals surface area (Å²) < 4.78 is 0. The molecule has 6 nitrogen and oxygen atoms in total. The minimum absolute atomic E-state index is 0.0282. The van der Waals surface area contributed by atoms with Gasteiger partial charge in [-0.2, -0.15) is 0 Å². The molecule has 110 valence electrons. The summed E-state index contributed by atoms with van der Waals surface area (Å²) in [5, 5.41) is 22.2. The molecule has 0 saturated heterocycles. The summed E-state index contributed by atoms with van der Waals surface area (Å²) >= 11 is 5.87. The van der Waals surface area contributed by atoms with Gasteiger partial charge in [0.25, 0.3) is 11.6 Å². The number of aliphatic hydroxyl groups is 1. The van der Waals surface area contributed by atoms with Gasteiger partial charge in [0, 0.05) is 19.2 Å². The fraction of sp³-hybridized carbons (Fsp3) is 0.462. The third-order valence-corrected chi connectivity index (χ3v) is 3.33. The van der Waals surface area contributed by atoms with Crippen LogP contribution in [0, 0.1) is 15.5 Å². The summed E-state index contributed by atoms with van der Waals surface area (Å²) in [7, 11) is 0. The molecule has 1 aromatic carbocycles. The molecule has 0 fully saturated rings. The van der Waals surface area contributed by atoms with Gasteiger partial charge in [0.15, 0.2) is 0 Å². The number of nitrogens with one attached hydrogen (secondary N) is 1. The number of benzene rings is 1. The van der Waals surface area contributed by atoms with Gasteiger partial charge >= 0.3 is 0 Å². The first-order chi connectivity index (χ1) is 9.28. The first-order valence-electron chi connectivity index (χ1n) is 6.10. The van der Waals surface area contributed by atoms with E-state index in [9.17, 15) is 14.9 Å². The summed E-state index contributed by atoms with van der Waals surface area (Å²) in [6, 6.07) is 4.09. The maximum atomic E-state index is 12.0. The number of aliphatic hydroxyl groups excluding tert-OH is 1. The van der Waals surface area contributed by atoms with Crippen molar-refractivity contribution in [1.82, 2.24) is 5.32 Å². The molecular formula is C13H17ClN2O4. The zero-order chi connectivity index (χ0) is 15.3. The predicted molar refractivity (Wildman–Crippen MR) is 75.9 cm³/mol. The molecule has 0 atom stereocenters. The lowest BCUT2D eigenvalue weighted by Crippen LogP contribution is -2.34. The molecule has 7 heteroatoms. The Labute approximate surface area is 121 Å². The van der Waals surface area contributed by atoms with E-state index in [-0.39, 0.29) is 28.3 Å². The molecule has 0 spiro atoms. The third-order valence-electron chi connectivity index (χ3n) is 2.94. The van der Waals surface area contributed by atoms with Gasteiger partial charge in [-0.25, -0.2) is 0 Å². The minimum atomic E-state index is -0.630. The van der Waals surface area contributed by atoms with Crippen molar-refractivity contribution in [3.05, 3.63) is 38.9 Å². The maximum Gasteiger partial charge on any atom is 0.288 e. The molecule has 0 unspecified atom stereocenters. The van der Waals surface area contributed by atoms with Crippen LogP contribution in [0.4, 0.5) is 5.69 Å². The zero-order valence-electron chi connectivity index (χ0n) is 11.4. The Morgan fingerprint density at radius 2 is 2.15 bits per heavy atom. The van der Waals surface area contributed by atoms with Crippen molar-refractivity contribution in [2.45, 2.75) is 20.3 Å². The molecule has 0 aliphatic rings. The Hall–Kier alpha value is -1.66. The Balaban J connectivity index is 2.84. The highest BCUT2D eigenvalue weighted by Gasteiger charge is 2.22. The number of hydrogen-bond acceptors (Lipinski definition) is 4. The average Bonchev–Trinajstić information content (AvgIpc) is 2.36. The molecule has 0 bridgehead atoms. The second kappa shape index (κ2) is 6.67. The fourth-order valence-corrected chi connectivity index (χ4v) is 1.92. The summed E-state index contributed by atoms with van der Waals surface area (Å²) in [4.78, 5) is 22.1. The Morgan fingerprint density at radius 1 is 1.50 bits per heavy atom. The van der Waals surface area contributed by atoms with Crippen molar-refractivity contribution < 1.29 is 14.8 Å². The number of hydrogen-bond donors (Lipinski definition) is 2. The molecule has 1 aromatic rings. The van der Waals surface area contributed by atoms with E-state index in [2.05, 4.69) is 5.32 Å². The van der Waals surface area contributed by atoms with Crippen LogP contribution in [0.5, 0.6) is 0 Å². The van der Waals surface area contributed by atoms with E-state index in [1.54, 1.807) is 0 Å². The minimum Gasteiger partial charge on any atom is -0.396 e. The zero-order valence-corrected chi connectivity index (χ0v) is 12.1. The van der Waals surface area contributed by atoms with Crippen LogP contribution in [0.25, 0.3) is 0 Å². The van der Waals surface area contributed by atoms with Crippen LogP contribution >= 0.6 is 11.6 Å². The molecular weight excluding hydrogens is 284 g/mol. The van der Waals surface area contributed by atoms with E-state index >= 15 is 0 Å². The number of nitro groups is 1. The van der Waals surface area contributed by atoms with E-state index in [0.717, 1.165) is 0 Å². The van der Waals surface area contributed by atoms with Gasteiger partial charge in [-0.15, -0.1) is 0 Å². The highest BCUT2D eigenvalue weighted by atomic mass is 35.5. The van der Waals surface area contributed by atoms with Crippen molar-refractivity contribution in [2.24, 2.45) is 5.41 Å². The van der Waals surface area contributed by atoms with Crippen LogP contribution in [0.1, 0.15) is 30.6 Å². The SMILES string of the molecule is CC(C)(CCO)CNC(=O)c1cccc([N+](=O)[O-])c1Cl. The van der Waals surface area contributed by atoms with Gasteiger partial charge in [-0.1, -0.05) is 31.5 Å². The molecule has 0 saturated carbocycles. The standard InChI is InChI=1S/C13H17ClN2O4/c1-13(2,6-7-17)8-15-12(18)9-4-3-5-10(11(9)14)16(19)20/h3-5,17H,6-8H2,1-2H3,(H,15,18). The summed E-state index contributed by atoms with van der Waals surface area (Å²) in [5.74, 6) is -0.468. The summed E-state index contributed by atoms with van der Waals surface area (Å²) in [5.41, 5.74) is -0.493. The van der Waals surface area contributed by atoms with Gasteiger partial charge in [0.1, 0.15) is 5.02 Å². The van der Waals surface area contributed by atoms with Crippen LogP contribution < -0.4 is 5.32 Å². The summed E-state index contributed by atoms with van der Waals surface area (Å²) in [6.07, 6.45) is 0.538. The Morgan fingerprint density at radius 3 is 2.70 bits per heavy atom. The molecule has 20 heavy (non-hydrogen) atoms. The van der Waals surface area contributed by atoms with E-state index in [0.29, 0.717) is 13.0 Å². The van der Waals surface area contributed by atoms with Crippen molar-refractivity contribution in [3.63, 3.8) is 0 Å². The second-order valence-corrected chi connectivity index (χ2v) is 5.59. The van der Waals surface area contributed by atoms with E-state index in [4.69, 9.17) is 16.7 Å². The second-order valence-electron chi connectivity index (χ2n) is 5.22. The first kappa shape index (κ1) is 16.4. The molecule has 0 aromatic heterocycles. The lowest BCUT2D eigenvalue weighted by molar-refractivity contribution is -0.384. The highest BCUT2D eigenvalue weighted by molar-refractivity contribution is 6.35. The monoisotopic (exact) mass is 300 g/mol. The van der Waals surface area contributed by atoms with Crippen molar-refractivity contribution in [1.29, 1.82) is 0 Å². The topological polar surface area (TPSA) is 92.5 Å². The van der Waals surface area contributed by atoms with E-state index in [1.165, 1.54) is 18.2 Å². The quantitative estimate of drug-likeness (QED) is 0.623. The Bertz CT molecular complexity index is 517. The lowest BCUT2D eigenvalue weighted by Gasteiger charge is -2.23. The molecule has 1 amide bonds. The van der Waals surface area contributed by atoms with Crippen LogP contribution in [-0.2, 0) is 0 Å². The fourth-order valence-electron chi connectivity index (χ4n) is 1.64. The first-order valence-corrected chi connectivity index (χ1v) is 6.48. The molecule has 0 radical (unpaired) electrons. The number of amides is 1. The van der Waals surface area contributed by atoms with Crippen LogP contribution in [0.2, 0.25) is 5.02 Å². The molecule has 0 aliphatic heterocycles. The molecule has 0 heterocycles. The number of rotatable bonds is 6. The average molecular weight is 301 g/mol. The van der Waals surface area contributed by atoms with Crippen molar-refractivity contribution in [3.8, 4) is 0 Å². The van der Waals surface area contributed by atoms with Gasteiger partial charge in [-0.05, 0) is 17.9 Å². The third kappa shape index (κ3) is 4.18. The van der Waals surface area contributed by atoms with Gasteiger partial charge in [-0.3, -0.25) is 14.9 Å². The normalized spacial score (nSPS) is 11.2. The highest BCUT2D eigenvalue weighted by Crippen LogP contribution is 2.28. The van der Waals surface area contributed by atoms with E-state index in [1.807, 2.05) is 13.8 Å². The molecule has 0 aliphatic carbocycles.